The molecule has 0 spiro atoms. The van der Waals surface area contributed by atoms with Gasteiger partial charge in [0.05, 0.1) is 6.61 Å². The summed E-state index contributed by atoms with van der Waals surface area (Å²) in [6, 6.07) is 0. The summed E-state index contributed by atoms with van der Waals surface area (Å²) in [6.45, 7) is 3.93. The first kappa shape index (κ1) is 45.1. The molecule has 0 aliphatic rings. The minimum atomic E-state index is -0.800. The van der Waals surface area contributed by atoms with E-state index >= 15 is 0 Å². The van der Waals surface area contributed by atoms with Gasteiger partial charge in [0.15, 0.2) is 6.10 Å². The Bertz CT molecular complexity index is 937. The fourth-order valence-electron chi connectivity index (χ4n) is 4.78. The van der Waals surface area contributed by atoms with Gasteiger partial charge in [0, 0.05) is 12.8 Å². The van der Waals surface area contributed by atoms with E-state index in [4.69, 9.17) is 9.47 Å². The number of esters is 2. The van der Waals surface area contributed by atoms with Gasteiger partial charge in [0.1, 0.15) is 6.61 Å². The highest BCUT2D eigenvalue weighted by atomic mass is 16.6. The standard InChI is InChI=1S/C43H70O5/c1-3-5-7-9-11-13-15-17-19-20-21-22-24-26-28-30-32-34-36-38-43(46)48-41(39-44)40-47-42(45)37-35-33-31-29-27-25-23-18-16-14-12-10-8-6-4-2/h6,8,11-14,17-19,21-23,27,29,41,44H,3-5,7,9-10,15-16,20,24-26,28,30-40H2,1-2H3/b8-6-,13-11-,14-12-,19-17-,22-21-,23-18-,29-27-/t41-/m0/s1. The predicted molar refractivity (Wildman–Crippen MR) is 205 cm³/mol. The minimum absolute atomic E-state index is 0.0980. The lowest BCUT2D eigenvalue weighted by molar-refractivity contribution is -0.161. The number of ether oxygens (including phenoxy) is 2. The average molecular weight is 667 g/mol. The molecule has 0 fully saturated rings. The van der Waals surface area contributed by atoms with Crippen LogP contribution in [-0.2, 0) is 19.1 Å². The average Bonchev–Trinajstić information content (AvgIpc) is 3.09. The number of hydrogen-bond donors (Lipinski definition) is 1. The van der Waals surface area contributed by atoms with Crippen LogP contribution in [0.4, 0.5) is 0 Å². The molecule has 0 amide bonds. The van der Waals surface area contributed by atoms with Crippen molar-refractivity contribution in [3.8, 4) is 0 Å². The molecule has 0 aromatic heterocycles. The third kappa shape index (κ3) is 35.9. The van der Waals surface area contributed by atoms with Gasteiger partial charge in [0.25, 0.3) is 0 Å². The van der Waals surface area contributed by atoms with Gasteiger partial charge >= 0.3 is 11.9 Å². The number of carbonyl (C=O) groups is 2. The van der Waals surface area contributed by atoms with E-state index in [0.717, 1.165) is 83.5 Å². The highest BCUT2D eigenvalue weighted by molar-refractivity contribution is 5.70. The van der Waals surface area contributed by atoms with Crippen LogP contribution in [0.3, 0.4) is 0 Å². The smallest absolute Gasteiger partial charge is 0.306 e. The van der Waals surface area contributed by atoms with Crippen molar-refractivity contribution in [1.82, 2.24) is 0 Å². The van der Waals surface area contributed by atoms with E-state index < -0.39 is 6.10 Å². The van der Waals surface area contributed by atoms with Crippen molar-refractivity contribution in [3.05, 3.63) is 85.1 Å². The van der Waals surface area contributed by atoms with Crippen LogP contribution < -0.4 is 0 Å². The fraction of sp³-hybridized carbons (Fsp3) is 0.628. The van der Waals surface area contributed by atoms with Crippen LogP contribution in [0.15, 0.2) is 85.1 Å². The Morgan fingerprint density at radius 2 is 0.896 bits per heavy atom. The largest absolute Gasteiger partial charge is 0.462 e. The van der Waals surface area contributed by atoms with E-state index in [9.17, 15) is 14.7 Å². The van der Waals surface area contributed by atoms with Crippen molar-refractivity contribution in [1.29, 1.82) is 0 Å². The van der Waals surface area contributed by atoms with Crippen LogP contribution in [-0.4, -0.2) is 36.4 Å². The van der Waals surface area contributed by atoms with Gasteiger partial charge in [0.2, 0.25) is 0 Å². The summed E-state index contributed by atoms with van der Waals surface area (Å²) in [5, 5.41) is 9.54. The summed E-state index contributed by atoms with van der Waals surface area (Å²) in [4.78, 5) is 24.2. The molecule has 0 rings (SSSR count). The summed E-state index contributed by atoms with van der Waals surface area (Å²) < 4.78 is 10.6. The molecule has 1 atom stereocenters. The number of rotatable bonds is 33. The molecular formula is C43H70O5. The molecular weight excluding hydrogens is 596 g/mol. The molecule has 0 aliphatic carbocycles. The maximum Gasteiger partial charge on any atom is 0.306 e. The molecule has 0 aromatic rings. The first-order valence-electron chi connectivity index (χ1n) is 19.1. The molecule has 0 aliphatic heterocycles. The highest BCUT2D eigenvalue weighted by Crippen LogP contribution is 2.11. The lowest BCUT2D eigenvalue weighted by atomic mass is 10.1. The Labute approximate surface area is 295 Å². The van der Waals surface area contributed by atoms with Crippen LogP contribution in [0.1, 0.15) is 155 Å². The van der Waals surface area contributed by atoms with Gasteiger partial charge in [-0.15, -0.1) is 0 Å². The van der Waals surface area contributed by atoms with Crippen molar-refractivity contribution in [3.63, 3.8) is 0 Å². The Balaban J connectivity index is 3.69. The molecule has 0 saturated carbocycles. The van der Waals surface area contributed by atoms with Crippen LogP contribution in [0, 0.1) is 0 Å². The Hall–Kier alpha value is -2.92. The van der Waals surface area contributed by atoms with E-state index in [1.807, 2.05) is 0 Å². The van der Waals surface area contributed by atoms with E-state index in [2.05, 4.69) is 98.9 Å². The summed E-state index contributed by atoms with van der Waals surface area (Å²) in [5.41, 5.74) is 0. The van der Waals surface area contributed by atoms with Gasteiger partial charge in [-0.25, -0.2) is 0 Å². The van der Waals surface area contributed by atoms with Crippen molar-refractivity contribution in [2.24, 2.45) is 0 Å². The summed E-state index contributed by atoms with van der Waals surface area (Å²) in [5.74, 6) is -0.663. The fourth-order valence-corrected chi connectivity index (χ4v) is 4.78. The maximum absolute atomic E-state index is 12.2. The molecule has 5 heteroatoms. The normalized spacial score (nSPS) is 13.1. The number of unbranched alkanes of at least 4 members (excludes halogenated alkanes) is 11. The molecule has 0 unspecified atom stereocenters. The van der Waals surface area contributed by atoms with Crippen molar-refractivity contribution >= 4 is 11.9 Å². The van der Waals surface area contributed by atoms with Gasteiger partial charge in [-0.3, -0.25) is 9.59 Å². The molecule has 0 bridgehead atoms. The van der Waals surface area contributed by atoms with Crippen LogP contribution in [0.25, 0.3) is 0 Å². The molecule has 5 nitrogen and oxygen atoms in total. The zero-order valence-corrected chi connectivity index (χ0v) is 30.7. The van der Waals surface area contributed by atoms with Crippen LogP contribution in [0.2, 0.25) is 0 Å². The zero-order chi connectivity index (χ0) is 35.0. The molecule has 0 radical (unpaired) electrons. The van der Waals surface area contributed by atoms with Gasteiger partial charge in [-0.1, -0.05) is 137 Å². The number of aliphatic hydroxyl groups excluding tert-OH is 1. The van der Waals surface area contributed by atoms with Crippen molar-refractivity contribution in [2.45, 2.75) is 161 Å². The predicted octanol–water partition coefficient (Wildman–Crippen LogP) is 11.9. The quantitative estimate of drug-likeness (QED) is 0.0429. The van der Waals surface area contributed by atoms with E-state index in [1.54, 1.807) is 0 Å². The van der Waals surface area contributed by atoms with Gasteiger partial charge in [-0.2, -0.15) is 0 Å². The van der Waals surface area contributed by atoms with Gasteiger partial charge < -0.3 is 14.6 Å². The Morgan fingerprint density at radius 3 is 1.40 bits per heavy atom. The molecule has 1 N–H and O–H groups in total. The van der Waals surface area contributed by atoms with E-state index in [1.165, 1.54) is 44.9 Å². The molecule has 0 aromatic carbocycles. The lowest BCUT2D eigenvalue weighted by Gasteiger charge is -2.15. The number of carbonyl (C=O) groups excluding carboxylic acids is 2. The maximum atomic E-state index is 12.2. The summed E-state index contributed by atoms with van der Waals surface area (Å²) in [6.07, 6.45) is 52.1. The Kier molecular flexibility index (Phi) is 36.2. The monoisotopic (exact) mass is 667 g/mol. The van der Waals surface area contributed by atoms with Crippen molar-refractivity contribution < 1.29 is 24.2 Å². The lowest BCUT2D eigenvalue weighted by Crippen LogP contribution is -2.28. The topological polar surface area (TPSA) is 72.8 Å². The number of allylic oxidation sites excluding steroid dienone is 14. The van der Waals surface area contributed by atoms with Crippen LogP contribution in [0.5, 0.6) is 0 Å². The number of aliphatic hydroxyl groups is 1. The first-order chi connectivity index (χ1) is 23.6. The Morgan fingerprint density at radius 1 is 0.500 bits per heavy atom. The highest BCUT2D eigenvalue weighted by Gasteiger charge is 2.16. The first-order valence-corrected chi connectivity index (χ1v) is 19.1. The van der Waals surface area contributed by atoms with Crippen molar-refractivity contribution in [2.75, 3.05) is 13.2 Å². The summed E-state index contributed by atoms with van der Waals surface area (Å²) >= 11 is 0. The second-order valence-corrected chi connectivity index (χ2v) is 12.3. The third-order valence-electron chi connectivity index (χ3n) is 7.67. The summed E-state index contributed by atoms with van der Waals surface area (Å²) in [7, 11) is 0. The third-order valence-corrected chi connectivity index (χ3v) is 7.67. The minimum Gasteiger partial charge on any atom is -0.462 e. The zero-order valence-electron chi connectivity index (χ0n) is 30.7. The van der Waals surface area contributed by atoms with Gasteiger partial charge in [-0.05, 0) is 89.9 Å². The second kappa shape index (κ2) is 38.5. The van der Waals surface area contributed by atoms with Crippen LogP contribution >= 0.6 is 0 Å². The number of hydrogen-bond acceptors (Lipinski definition) is 5. The van der Waals surface area contributed by atoms with E-state index in [0.29, 0.717) is 12.8 Å². The molecule has 0 heterocycles. The molecule has 48 heavy (non-hydrogen) atoms. The molecule has 0 saturated heterocycles. The second-order valence-electron chi connectivity index (χ2n) is 12.3. The van der Waals surface area contributed by atoms with E-state index in [-0.39, 0.29) is 25.2 Å². The SMILES string of the molecule is CC/C=C\C/C=C\C/C=C\C/C=C\CCCCC(=O)OC[C@H](CO)OC(=O)CCCCCCCC/C=C\C/C=C\C/C=C\CCCCC. The molecule has 272 valence electrons.